The van der Waals surface area contributed by atoms with Crippen LogP contribution in [0.15, 0.2) is 24.3 Å². The third-order valence-corrected chi connectivity index (χ3v) is 2.80. The Morgan fingerprint density at radius 1 is 1.21 bits per heavy atom. The standard InChI is InChI=1S/C15H24N2O2/c1-5-17(6-2)14-9-7-13(8-10-14)16-11-15(18)19-12(3)4/h7-10,12,16H,5-6,11H2,1-4H3. The highest BCUT2D eigenvalue weighted by Crippen LogP contribution is 2.17. The highest BCUT2D eigenvalue weighted by atomic mass is 16.5. The van der Waals surface area contributed by atoms with Gasteiger partial charge in [-0.05, 0) is 52.0 Å². The number of carbonyl (C=O) groups is 1. The molecule has 1 N–H and O–H groups in total. The van der Waals surface area contributed by atoms with Gasteiger partial charge >= 0.3 is 5.97 Å². The van der Waals surface area contributed by atoms with E-state index in [2.05, 4.69) is 36.2 Å². The number of ether oxygens (including phenoxy) is 1. The number of benzene rings is 1. The van der Waals surface area contributed by atoms with Gasteiger partial charge in [0, 0.05) is 24.5 Å². The summed E-state index contributed by atoms with van der Waals surface area (Å²) in [5.41, 5.74) is 2.12. The summed E-state index contributed by atoms with van der Waals surface area (Å²) in [4.78, 5) is 13.7. The molecule has 0 fully saturated rings. The van der Waals surface area contributed by atoms with Gasteiger partial charge < -0.3 is 15.0 Å². The van der Waals surface area contributed by atoms with E-state index in [4.69, 9.17) is 4.74 Å². The molecular weight excluding hydrogens is 240 g/mol. The lowest BCUT2D eigenvalue weighted by molar-refractivity contribution is -0.145. The Morgan fingerprint density at radius 3 is 2.26 bits per heavy atom. The first-order valence-corrected chi connectivity index (χ1v) is 6.85. The van der Waals surface area contributed by atoms with E-state index in [1.54, 1.807) is 0 Å². The molecule has 0 aromatic heterocycles. The number of nitrogens with one attached hydrogen (secondary N) is 1. The molecule has 4 heteroatoms. The van der Waals surface area contributed by atoms with Crippen molar-refractivity contribution < 1.29 is 9.53 Å². The molecule has 0 saturated heterocycles. The number of hydrogen-bond donors (Lipinski definition) is 1. The van der Waals surface area contributed by atoms with Crippen molar-refractivity contribution in [3.05, 3.63) is 24.3 Å². The first-order valence-electron chi connectivity index (χ1n) is 6.85. The average molecular weight is 264 g/mol. The van der Waals surface area contributed by atoms with Gasteiger partial charge in [0.15, 0.2) is 0 Å². The third kappa shape index (κ3) is 5.20. The Hall–Kier alpha value is -1.71. The van der Waals surface area contributed by atoms with Crippen molar-refractivity contribution in [3.63, 3.8) is 0 Å². The quantitative estimate of drug-likeness (QED) is 0.769. The van der Waals surface area contributed by atoms with Crippen LogP contribution >= 0.6 is 0 Å². The Kier molecular flexibility index (Phi) is 6.19. The second kappa shape index (κ2) is 7.67. The Bertz CT molecular complexity index is 384. The molecule has 0 aliphatic rings. The monoisotopic (exact) mass is 264 g/mol. The van der Waals surface area contributed by atoms with E-state index in [1.807, 2.05) is 26.0 Å². The third-order valence-electron chi connectivity index (χ3n) is 2.80. The van der Waals surface area contributed by atoms with Gasteiger partial charge in [0.2, 0.25) is 0 Å². The summed E-state index contributed by atoms with van der Waals surface area (Å²) in [5.74, 6) is -0.234. The highest BCUT2D eigenvalue weighted by molar-refractivity contribution is 5.75. The van der Waals surface area contributed by atoms with E-state index in [0.29, 0.717) is 0 Å². The fraction of sp³-hybridized carbons (Fsp3) is 0.533. The molecule has 1 aromatic carbocycles. The van der Waals surface area contributed by atoms with E-state index in [0.717, 1.165) is 18.8 Å². The van der Waals surface area contributed by atoms with Crippen molar-refractivity contribution in [1.82, 2.24) is 0 Å². The van der Waals surface area contributed by atoms with Crippen LogP contribution in [-0.4, -0.2) is 31.7 Å². The smallest absolute Gasteiger partial charge is 0.325 e. The maximum atomic E-state index is 11.4. The number of esters is 1. The average Bonchev–Trinajstić information content (AvgIpc) is 2.38. The van der Waals surface area contributed by atoms with E-state index >= 15 is 0 Å². The summed E-state index contributed by atoms with van der Waals surface area (Å²) in [6.45, 7) is 10.1. The summed E-state index contributed by atoms with van der Waals surface area (Å²) in [7, 11) is 0. The zero-order chi connectivity index (χ0) is 14.3. The van der Waals surface area contributed by atoms with E-state index < -0.39 is 0 Å². The van der Waals surface area contributed by atoms with E-state index in [9.17, 15) is 4.79 Å². The van der Waals surface area contributed by atoms with Crippen LogP contribution in [0.2, 0.25) is 0 Å². The lowest BCUT2D eigenvalue weighted by Crippen LogP contribution is -2.22. The molecule has 1 aromatic rings. The van der Waals surface area contributed by atoms with Crippen LogP contribution in [-0.2, 0) is 9.53 Å². The molecule has 0 amide bonds. The summed E-state index contributed by atoms with van der Waals surface area (Å²) < 4.78 is 5.06. The zero-order valence-corrected chi connectivity index (χ0v) is 12.3. The summed E-state index contributed by atoms with van der Waals surface area (Å²) in [5, 5.41) is 3.06. The van der Waals surface area contributed by atoms with Crippen molar-refractivity contribution in [2.24, 2.45) is 0 Å². The lowest BCUT2D eigenvalue weighted by atomic mass is 10.2. The van der Waals surface area contributed by atoms with Gasteiger partial charge in [0.25, 0.3) is 0 Å². The van der Waals surface area contributed by atoms with Crippen LogP contribution in [0.5, 0.6) is 0 Å². The molecule has 19 heavy (non-hydrogen) atoms. The van der Waals surface area contributed by atoms with Crippen LogP contribution in [0.4, 0.5) is 11.4 Å². The van der Waals surface area contributed by atoms with E-state index in [1.165, 1.54) is 5.69 Å². The lowest BCUT2D eigenvalue weighted by Gasteiger charge is -2.21. The number of carbonyl (C=O) groups excluding carboxylic acids is 1. The number of rotatable bonds is 7. The Morgan fingerprint density at radius 2 is 1.79 bits per heavy atom. The van der Waals surface area contributed by atoms with Crippen LogP contribution in [0, 0.1) is 0 Å². The first kappa shape index (κ1) is 15.3. The molecule has 4 nitrogen and oxygen atoms in total. The number of nitrogens with zero attached hydrogens (tertiary/aromatic N) is 1. The van der Waals surface area contributed by atoms with Crippen molar-refractivity contribution in [1.29, 1.82) is 0 Å². The SMILES string of the molecule is CCN(CC)c1ccc(NCC(=O)OC(C)C)cc1. The largest absolute Gasteiger partial charge is 0.462 e. The predicted octanol–water partition coefficient (Wildman–Crippen LogP) is 2.90. The van der Waals surface area contributed by atoms with Crippen molar-refractivity contribution >= 4 is 17.3 Å². The first-order chi connectivity index (χ1) is 9.06. The minimum atomic E-state index is -0.234. The van der Waals surface area contributed by atoms with Gasteiger partial charge in [-0.3, -0.25) is 4.79 Å². The van der Waals surface area contributed by atoms with Gasteiger partial charge in [0.05, 0.1) is 6.10 Å². The molecule has 0 aliphatic carbocycles. The van der Waals surface area contributed by atoms with Crippen molar-refractivity contribution in [2.75, 3.05) is 29.9 Å². The van der Waals surface area contributed by atoms with Crippen molar-refractivity contribution in [3.8, 4) is 0 Å². The summed E-state index contributed by atoms with van der Waals surface area (Å²) in [6, 6.07) is 8.08. The summed E-state index contributed by atoms with van der Waals surface area (Å²) >= 11 is 0. The normalized spacial score (nSPS) is 10.4. The molecule has 0 aliphatic heterocycles. The Labute approximate surface area is 115 Å². The van der Waals surface area contributed by atoms with Gasteiger partial charge in [-0.1, -0.05) is 0 Å². The fourth-order valence-electron chi connectivity index (χ4n) is 1.86. The fourth-order valence-corrected chi connectivity index (χ4v) is 1.86. The topological polar surface area (TPSA) is 41.6 Å². The summed E-state index contributed by atoms with van der Waals surface area (Å²) in [6.07, 6.45) is -0.0701. The molecule has 0 bridgehead atoms. The van der Waals surface area contributed by atoms with Gasteiger partial charge in [-0.2, -0.15) is 0 Å². The molecule has 0 atom stereocenters. The number of anilines is 2. The van der Waals surface area contributed by atoms with Gasteiger partial charge in [0.1, 0.15) is 6.54 Å². The maximum Gasteiger partial charge on any atom is 0.325 e. The van der Waals surface area contributed by atoms with Gasteiger partial charge in [-0.25, -0.2) is 0 Å². The molecule has 0 unspecified atom stereocenters. The van der Waals surface area contributed by atoms with E-state index in [-0.39, 0.29) is 18.6 Å². The van der Waals surface area contributed by atoms with Crippen LogP contribution < -0.4 is 10.2 Å². The van der Waals surface area contributed by atoms with Crippen LogP contribution in [0.25, 0.3) is 0 Å². The van der Waals surface area contributed by atoms with Gasteiger partial charge in [-0.15, -0.1) is 0 Å². The zero-order valence-electron chi connectivity index (χ0n) is 12.3. The highest BCUT2D eigenvalue weighted by Gasteiger charge is 2.05. The molecule has 0 heterocycles. The molecular formula is C15H24N2O2. The molecule has 0 radical (unpaired) electrons. The molecule has 1 rings (SSSR count). The minimum Gasteiger partial charge on any atom is -0.462 e. The minimum absolute atomic E-state index is 0.0701. The molecule has 106 valence electrons. The molecule has 0 spiro atoms. The maximum absolute atomic E-state index is 11.4. The van der Waals surface area contributed by atoms with Crippen molar-refractivity contribution in [2.45, 2.75) is 33.8 Å². The second-order valence-electron chi connectivity index (χ2n) is 4.61. The van der Waals surface area contributed by atoms with Crippen LogP contribution in [0.1, 0.15) is 27.7 Å². The Balaban J connectivity index is 2.50. The number of hydrogen-bond acceptors (Lipinski definition) is 4. The van der Waals surface area contributed by atoms with Crippen LogP contribution in [0.3, 0.4) is 0 Å². The molecule has 0 saturated carbocycles. The second-order valence-corrected chi connectivity index (χ2v) is 4.61. The predicted molar refractivity (Wildman–Crippen MR) is 79.7 cm³/mol.